The SMILES string of the molecule is CCc1ccc(C(NC(=O)c2cnccn2)C(C)C)cc1. The summed E-state index contributed by atoms with van der Waals surface area (Å²) in [7, 11) is 0. The molecule has 4 nitrogen and oxygen atoms in total. The van der Waals surface area contributed by atoms with E-state index in [1.165, 1.54) is 18.0 Å². The largest absolute Gasteiger partial charge is 0.344 e. The number of hydrogen-bond donors (Lipinski definition) is 1. The Hall–Kier alpha value is -2.23. The fraction of sp³-hybridized carbons (Fsp3) is 0.353. The van der Waals surface area contributed by atoms with Crippen molar-refractivity contribution in [1.29, 1.82) is 0 Å². The van der Waals surface area contributed by atoms with Crippen molar-refractivity contribution in [1.82, 2.24) is 15.3 Å². The van der Waals surface area contributed by atoms with Crippen LogP contribution in [-0.2, 0) is 6.42 Å². The highest BCUT2D eigenvalue weighted by atomic mass is 16.1. The fourth-order valence-corrected chi connectivity index (χ4v) is 2.23. The first-order chi connectivity index (χ1) is 10.1. The minimum absolute atomic E-state index is 0.0367. The Bertz CT molecular complexity index is 579. The van der Waals surface area contributed by atoms with E-state index >= 15 is 0 Å². The number of carbonyl (C=O) groups excluding carboxylic acids is 1. The maximum atomic E-state index is 12.2. The average Bonchev–Trinajstić information content (AvgIpc) is 2.53. The van der Waals surface area contributed by atoms with Crippen molar-refractivity contribution in [2.75, 3.05) is 0 Å². The van der Waals surface area contributed by atoms with E-state index in [1.54, 1.807) is 6.20 Å². The molecule has 1 heterocycles. The average molecular weight is 283 g/mol. The van der Waals surface area contributed by atoms with Gasteiger partial charge in [-0.1, -0.05) is 45.0 Å². The number of hydrogen-bond acceptors (Lipinski definition) is 3. The third kappa shape index (κ3) is 3.88. The topological polar surface area (TPSA) is 54.9 Å². The van der Waals surface area contributed by atoms with Crippen molar-refractivity contribution >= 4 is 5.91 Å². The van der Waals surface area contributed by atoms with Crippen LogP contribution in [0.3, 0.4) is 0 Å². The Morgan fingerprint density at radius 2 is 1.90 bits per heavy atom. The fourth-order valence-electron chi connectivity index (χ4n) is 2.23. The molecule has 1 aromatic carbocycles. The van der Waals surface area contributed by atoms with Crippen LogP contribution in [-0.4, -0.2) is 15.9 Å². The molecule has 1 amide bonds. The van der Waals surface area contributed by atoms with E-state index in [0.29, 0.717) is 5.69 Å². The molecule has 0 spiro atoms. The third-order valence-corrected chi connectivity index (χ3v) is 3.50. The van der Waals surface area contributed by atoms with Gasteiger partial charge >= 0.3 is 0 Å². The standard InChI is InChI=1S/C17H21N3O/c1-4-13-5-7-14(8-6-13)16(12(2)3)20-17(21)15-11-18-9-10-19-15/h5-12,16H,4H2,1-3H3,(H,20,21). The molecule has 0 fully saturated rings. The Kier molecular flexibility index (Phi) is 5.04. The van der Waals surface area contributed by atoms with E-state index in [-0.39, 0.29) is 17.9 Å². The maximum absolute atomic E-state index is 12.2. The van der Waals surface area contributed by atoms with Gasteiger partial charge in [-0.15, -0.1) is 0 Å². The summed E-state index contributed by atoms with van der Waals surface area (Å²) in [4.78, 5) is 20.2. The highest BCUT2D eigenvalue weighted by Gasteiger charge is 2.19. The van der Waals surface area contributed by atoms with Crippen LogP contribution in [0.1, 0.15) is 48.4 Å². The highest BCUT2D eigenvalue weighted by molar-refractivity contribution is 5.92. The Balaban J connectivity index is 2.17. The summed E-state index contributed by atoms with van der Waals surface area (Å²) in [6, 6.07) is 8.35. The molecule has 4 heteroatoms. The molecule has 0 saturated carbocycles. The van der Waals surface area contributed by atoms with Gasteiger partial charge in [-0.25, -0.2) is 4.98 Å². The summed E-state index contributed by atoms with van der Waals surface area (Å²) in [6.45, 7) is 6.31. The lowest BCUT2D eigenvalue weighted by Gasteiger charge is -2.23. The molecule has 0 saturated heterocycles. The Morgan fingerprint density at radius 1 is 1.19 bits per heavy atom. The number of amides is 1. The van der Waals surface area contributed by atoms with Crippen LogP contribution in [0.15, 0.2) is 42.9 Å². The summed E-state index contributed by atoms with van der Waals surface area (Å²) < 4.78 is 0. The van der Waals surface area contributed by atoms with Crippen LogP contribution in [0.25, 0.3) is 0 Å². The maximum Gasteiger partial charge on any atom is 0.271 e. The van der Waals surface area contributed by atoms with Gasteiger partial charge in [0.2, 0.25) is 0 Å². The van der Waals surface area contributed by atoms with Crippen molar-refractivity contribution < 1.29 is 4.79 Å². The van der Waals surface area contributed by atoms with Crippen LogP contribution >= 0.6 is 0 Å². The van der Waals surface area contributed by atoms with Crippen molar-refractivity contribution in [3.8, 4) is 0 Å². The van der Waals surface area contributed by atoms with Gasteiger partial charge in [-0.05, 0) is 23.5 Å². The van der Waals surface area contributed by atoms with E-state index in [2.05, 4.69) is 60.3 Å². The minimum Gasteiger partial charge on any atom is -0.344 e. The Morgan fingerprint density at radius 3 is 2.43 bits per heavy atom. The molecule has 1 atom stereocenters. The van der Waals surface area contributed by atoms with Crippen molar-refractivity contribution in [2.45, 2.75) is 33.2 Å². The van der Waals surface area contributed by atoms with E-state index in [4.69, 9.17) is 0 Å². The molecule has 21 heavy (non-hydrogen) atoms. The van der Waals surface area contributed by atoms with E-state index < -0.39 is 0 Å². The van der Waals surface area contributed by atoms with Gasteiger partial charge in [0.1, 0.15) is 5.69 Å². The third-order valence-electron chi connectivity index (χ3n) is 3.50. The smallest absolute Gasteiger partial charge is 0.271 e. The molecule has 2 rings (SSSR count). The van der Waals surface area contributed by atoms with Crippen molar-refractivity contribution in [3.63, 3.8) is 0 Å². The molecule has 110 valence electrons. The van der Waals surface area contributed by atoms with Crippen LogP contribution in [0.4, 0.5) is 0 Å². The number of nitrogens with one attached hydrogen (secondary N) is 1. The monoisotopic (exact) mass is 283 g/mol. The molecule has 0 bridgehead atoms. The summed E-state index contributed by atoms with van der Waals surface area (Å²) >= 11 is 0. The first kappa shape index (κ1) is 15.2. The first-order valence-corrected chi connectivity index (χ1v) is 7.27. The predicted molar refractivity (Wildman–Crippen MR) is 82.9 cm³/mol. The van der Waals surface area contributed by atoms with Gasteiger partial charge in [-0.2, -0.15) is 0 Å². The lowest BCUT2D eigenvalue weighted by Crippen LogP contribution is -2.32. The van der Waals surface area contributed by atoms with Crippen LogP contribution in [0.5, 0.6) is 0 Å². The molecule has 0 aliphatic carbocycles. The molecule has 0 aliphatic heterocycles. The van der Waals surface area contributed by atoms with Crippen LogP contribution in [0, 0.1) is 5.92 Å². The number of aromatic nitrogens is 2. The molecule has 1 aromatic heterocycles. The van der Waals surface area contributed by atoms with Gasteiger partial charge in [0.15, 0.2) is 0 Å². The summed E-state index contributed by atoms with van der Waals surface area (Å²) in [5.41, 5.74) is 2.74. The minimum atomic E-state index is -0.193. The lowest BCUT2D eigenvalue weighted by molar-refractivity contribution is 0.0920. The highest BCUT2D eigenvalue weighted by Crippen LogP contribution is 2.22. The van der Waals surface area contributed by atoms with E-state index in [1.807, 2.05) is 0 Å². The van der Waals surface area contributed by atoms with Crippen LogP contribution < -0.4 is 5.32 Å². The number of carbonyl (C=O) groups is 1. The number of aryl methyl sites for hydroxylation is 1. The van der Waals surface area contributed by atoms with E-state index in [9.17, 15) is 4.79 Å². The first-order valence-electron chi connectivity index (χ1n) is 7.27. The summed E-state index contributed by atoms with van der Waals surface area (Å²) in [6.07, 6.45) is 5.57. The predicted octanol–water partition coefficient (Wildman–Crippen LogP) is 3.17. The van der Waals surface area contributed by atoms with Gasteiger partial charge in [-0.3, -0.25) is 9.78 Å². The zero-order chi connectivity index (χ0) is 15.2. The molecule has 2 aromatic rings. The summed E-state index contributed by atoms with van der Waals surface area (Å²) in [5, 5.41) is 3.05. The molecular weight excluding hydrogens is 262 g/mol. The van der Waals surface area contributed by atoms with Gasteiger partial charge in [0, 0.05) is 12.4 Å². The second kappa shape index (κ2) is 6.97. The second-order valence-corrected chi connectivity index (χ2v) is 5.38. The number of rotatable bonds is 5. The zero-order valence-electron chi connectivity index (χ0n) is 12.7. The normalized spacial score (nSPS) is 12.2. The lowest BCUT2D eigenvalue weighted by atomic mass is 9.94. The summed E-state index contributed by atoms with van der Waals surface area (Å²) in [5.74, 6) is 0.0967. The number of benzene rings is 1. The Labute approximate surface area is 125 Å². The molecule has 1 unspecified atom stereocenters. The zero-order valence-corrected chi connectivity index (χ0v) is 12.7. The van der Waals surface area contributed by atoms with Crippen LogP contribution in [0.2, 0.25) is 0 Å². The quantitative estimate of drug-likeness (QED) is 0.917. The second-order valence-electron chi connectivity index (χ2n) is 5.38. The molecule has 0 radical (unpaired) electrons. The van der Waals surface area contributed by atoms with Gasteiger partial charge in [0.25, 0.3) is 5.91 Å². The van der Waals surface area contributed by atoms with Gasteiger partial charge in [0.05, 0.1) is 12.2 Å². The van der Waals surface area contributed by atoms with Crippen molar-refractivity contribution in [2.24, 2.45) is 5.92 Å². The molecular formula is C17H21N3O. The van der Waals surface area contributed by atoms with E-state index in [0.717, 1.165) is 12.0 Å². The molecule has 1 N–H and O–H groups in total. The van der Waals surface area contributed by atoms with Gasteiger partial charge < -0.3 is 5.32 Å². The molecule has 0 aliphatic rings. The van der Waals surface area contributed by atoms with Crippen molar-refractivity contribution in [3.05, 3.63) is 59.7 Å². The number of nitrogens with zero attached hydrogens (tertiary/aromatic N) is 2.